The summed E-state index contributed by atoms with van der Waals surface area (Å²) in [6, 6.07) is 9.43. The molecular formula is C21H23ClN4OS. The second-order valence-corrected chi connectivity index (χ2v) is 7.83. The van der Waals surface area contributed by atoms with Gasteiger partial charge in [0.1, 0.15) is 0 Å². The number of Topliss-reactive ketones (excluding diaryl/α,β-unsaturated/α-hetero) is 1. The fourth-order valence-corrected chi connectivity index (χ4v) is 4.24. The van der Waals surface area contributed by atoms with Gasteiger partial charge >= 0.3 is 0 Å². The van der Waals surface area contributed by atoms with Crippen molar-refractivity contribution in [1.82, 2.24) is 19.3 Å². The van der Waals surface area contributed by atoms with Crippen LogP contribution in [0.2, 0.25) is 5.02 Å². The van der Waals surface area contributed by atoms with Crippen LogP contribution in [0.25, 0.3) is 11.4 Å². The molecule has 0 unspecified atom stereocenters. The van der Waals surface area contributed by atoms with E-state index >= 15 is 0 Å². The molecule has 0 amide bonds. The Kier molecular flexibility index (Phi) is 6.42. The first-order valence-electron chi connectivity index (χ1n) is 9.09. The Morgan fingerprint density at radius 2 is 1.93 bits per heavy atom. The summed E-state index contributed by atoms with van der Waals surface area (Å²) in [4.78, 5) is 12.8. The lowest BCUT2D eigenvalue weighted by atomic mass is 10.2. The van der Waals surface area contributed by atoms with E-state index in [-0.39, 0.29) is 5.78 Å². The molecule has 3 rings (SSSR count). The second kappa shape index (κ2) is 8.80. The van der Waals surface area contributed by atoms with Gasteiger partial charge in [0.25, 0.3) is 0 Å². The quantitative estimate of drug-likeness (QED) is 0.289. The van der Waals surface area contributed by atoms with E-state index in [1.807, 2.05) is 48.7 Å². The molecule has 2 heterocycles. The average molecular weight is 415 g/mol. The lowest BCUT2D eigenvalue weighted by Gasteiger charge is -2.08. The maximum atomic E-state index is 12.8. The van der Waals surface area contributed by atoms with Crippen LogP contribution in [0.4, 0.5) is 0 Å². The van der Waals surface area contributed by atoms with E-state index in [1.54, 1.807) is 6.08 Å². The lowest BCUT2D eigenvalue weighted by molar-refractivity contribution is 0.102. The number of hydrogen-bond donors (Lipinski definition) is 0. The molecule has 7 heteroatoms. The summed E-state index contributed by atoms with van der Waals surface area (Å²) in [6.07, 6.45) is 1.80. The van der Waals surface area contributed by atoms with Crippen molar-refractivity contribution in [2.45, 2.75) is 39.0 Å². The number of rotatable bonds is 8. The Hall–Kier alpha value is -2.31. The molecule has 0 bridgehead atoms. The van der Waals surface area contributed by atoms with Crippen LogP contribution in [0.1, 0.15) is 28.7 Å². The van der Waals surface area contributed by atoms with Gasteiger partial charge in [0.05, 0.1) is 5.75 Å². The van der Waals surface area contributed by atoms with Crippen molar-refractivity contribution in [3.63, 3.8) is 0 Å². The third-order valence-corrected chi connectivity index (χ3v) is 5.87. The van der Waals surface area contributed by atoms with Gasteiger partial charge in [0.2, 0.25) is 0 Å². The minimum atomic E-state index is 0.0963. The van der Waals surface area contributed by atoms with E-state index in [0.29, 0.717) is 22.5 Å². The molecule has 5 nitrogen and oxygen atoms in total. The fourth-order valence-electron chi connectivity index (χ4n) is 3.28. The van der Waals surface area contributed by atoms with Gasteiger partial charge in [0.15, 0.2) is 16.8 Å². The summed E-state index contributed by atoms with van der Waals surface area (Å²) < 4.78 is 4.11. The van der Waals surface area contributed by atoms with Gasteiger partial charge in [-0.1, -0.05) is 29.4 Å². The summed E-state index contributed by atoms with van der Waals surface area (Å²) in [5, 5.41) is 9.99. The largest absolute Gasteiger partial charge is 0.349 e. The number of carbonyl (C=O) groups is 1. The molecule has 0 fully saturated rings. The maximum Gasteiger partial charge on any atom is 0.192 e. The highest BCUT2D eigenvalue weighted by Crippen LogP contribution is 2.26. The number of benzene rings is 1. The molecule has 0 radical (unpaired) electrons. The van der Waals surface area contributed by atoms with Gasteiger partial charge in [-0.3, -0.25) is 9.36 Å². The molecule has 2 aromatic heterocycles. The molecule has 0 atom stereocenters. The van der Waals surface area contributed by atoms with Crippen molar-refractivity contribution in [2.75, 3.05) is 5.75 Å². The Labute approximate surface area is 174 Å². The number of allylic oxidation sites excluding steroid dienone is 1. The van der Waals surface area contributed by atoms with Gasteiger partial charge in [-0.15, -0.1) is 16.8 Å². The number of nitrogens with zero attached hydrogens (tertiary/aromatic N) is 4. The van der Waals surface area contributed by atoms with Crippen LogP contribution in [0.5, 0.6) is 0 Å². The highest BCUT2D eigenvalue weighted by atomic mass is 35.5. The Morgan fingerprint density at radius 3 is 2.54 bits per heavy atom. The first-order valence-corrected chi connectivity index (χ1v) is 10.4. The maximum absolute atomic E-state index is 12.8. The highest BCUT2D eigenvalue weighted by molar-refractivity contribution is 7.99. The third-order valence-electron chi connectivity index (χ3n) is 4.65. The Bertz CT molecular complexity index is 1000. The smallest absolute Gasteiger partial charge is 0.192 e. The standard InChI is InChI=1S/C21H23ClN4OS/c1-5-11-26-20(16-7-9-17(22)10-8-16)23-24-21(26)28-13-19(27)18-12-14(3)25(6-2)15(18)4/h5,7-10,12H,1,6,11,13H2,2-4H3. The summed E-state index contributed by atoms with van der Waals surface area (Å²) in [7, 11) is 0. The van der Waals surface area contributed by atoms with Crippen LogP contribution >= 0.6 is 23.4 Å². The summed E-state index contributed by atoms with van der Waals surface area (Å²) in [5.74, 6) is 1.14. The van der Waals surface area contributed by atoms with Crippen molar-refractivity contribution >= 4 is 29.1 Å². The van der Waals surface area contributed by atoms with Crippen LogP contribution in [-0.2, 0) is 13.1 Å². The molecule has 3 aromatic rings. The molecule has 1 aromatic carbocycles. The van der Waals surface area contributed by atoms with Crippen molar-refractivity contribution in [3.05, 3.63) is 65.0 Å². The summed E-state index contributed by atoms with van der Waals surface area (Å²) >= 11 is 7.38. The second-order valence-electron chi connectivity index (χ2n) is 6.45. The molecule has 146 valence electrons. The zero-order valence-electron chi connectivity index (χ0n) is 16.3. The van der Waals surface area contributed by atoms with Crippen LogP contribution in [-0.4, -0.2) is 30.9 Å². The molecule has 0 saturated heterocycles. The van der Waals surface area contributed by atoms with Crippen molar-refractivity contribution < 1.29 is 4.79 Å². The van der Waals surface area contributed by atoms with E-state index in [2.05, 4.69) is 28.3 Å². The van der Waals surface area contributed by atoms with E-state index < -0.39 is 0 Å². The summed E-state index contributed by atoms with van der Waals surface area (Å²) in [6.45, 7) is 11.3. The fraction of sp³-hybridized carbons (Fsp3) is 0.286. The molecular weight excluding hydrogens is 392 g/mol. The van der Waals surface area contributed by atoms with E-state index in [1.165, 1.54) is 11.8 Å². The van der Waals surface area contributed by atoms with Gasteiger partial charge < -0.3 is 4.57 Å². The number of carbonyl (C=O) groups excluding carboxylic acids is 1. The normalized spacial score (nSPS) is 11.0. The predicted molar refractivity (Wildman–Crippen MR) is 115 cm³/mol. The number of halogens is 1. The van der Waals surface area contributed by atoms with Gasteiger partial charge in [0, 0.05) is 40.6 Å². The van der Waals surface area contributed by atoms with Gasteiger partial charge in [-0.2, -0.15) is 0 Å². The number of aromatic nitrogens is 4. The Morgan fingerprint density at radius 1 is 1.21 bits per heavy atom. The van der Waals surface area contributed by atoms with Crippen LogP contribution < -0.4 is 0 Å². The molecule has 0 N–H and O–H groups in total. The predicted octanol–water partition coefficient (Wildman–Crippen LogP) is 5.20. The molecule has 0 aliphatic rings. The van der Waals surface area contributed by atoms with Crippen LogP contribution in [0.15, 0.2) is 48.1 Å². The highest BCUT2D eigenvalue weighted by Gasteiger charge is 2.18. The molecule has 0 aliphatic carbocycles. The number of aryl methyl sites for hydroxylation is 1. The Balaban J connectivity index is 1.82. The first-order chi connectivity index (χ1) is 13.5. The molecule has 0 saturated carbocycles. The van der Waals surface area contributed by atoms with Crippen LogP contribution in [0.3, 0.4) is 0 Å². The van der Waals surface area contributed by atoms with E-state index in [4.69, 9.17) is 11.6 Å². The summed E-state index contributed by atoms with van der Waals surface area (Å²) in [5.41, 5.74) is 3.82. The van der Waals surface area contributed by atoms with Crippen molar-refractivity contribution in [1.29, 1.82) is 0 Å². The minimum Gasteiger partial charge on any atom is -0.349 e. The van der Waals surface area contributed by atoms with Crippen molar-refractivity contribution in [3.8, 4) is 11.4 Å². The average Bonchev–Trinajstić information content (AvgIpc) is 3.21. The molecule has 28 heavy (non-hydrogen) atoms. The van der Waals surface area contributed by atoms with E-state index in [9.17, 15) is 4.79 Å². The van der Waals surface area contributed by atoms with Crippen molar-refractivity contribution in [2.24, 2.45) is 0 Å². The monoisotopic (exact) mass is 414 g/mol. The molecule has 0 spiro atoms. The zero-order valence-corrected chi connectivity index (χ0v) is 17.8. The SMILES string of the molecule is C=CCn1c(SCC(=O)c2cc(C)n(CC)c2C)nnc1-c1ccc(Cl)cc1. The topological polar surface area (TPSA) is 52.7 Å². The number of thioether (sulfide) groups is 1. The zero-order chi connectivity index (χ0) is 20.3. The molecule has 0 aliphatic heterocycles. The third kappa shape index (κ3) is 4.08. The minimum absolute atomic E-state index is 0.0963. The number of hydrogen-bond acceptors (Lipinski definition) is 4. The lowest BCUT2D eigenvalue weighted by Crippen LogP contribution is -2.07. The van der Waals surface area contributed by atoms with E-state index in [0.717, 1.165) is 34.9 Å². The first kappa shape index (κ1) is 20.4. The van der Waals surface area contributed by atoms with Gasteiger partial charge in [-0.05, 0) is 51.1 Å². The van der Waals surface area contributed by atoms with Crippen LogP contribution in [0, 0.1) is 13.8 Å². The van der Waals surface area contributed by atoms with Gasteiger partial charge in [-0.25, -0.2) is 0 Å². The number of ketones is 1.